The molecule has 0 fully saturated rings. The molecule has 102 valence electrons. The highest BCUT2D eigenvalue weighted by atomic mass is 32.2. The second kappa shape index (κ2) is 6.20. The van der Waals surface area contributed by atoms with Gasteiger partial charge in [0.25, 0.3) is 0 Å². The molecule has 8 heteroatoms. The van der Waals surface area contributed by atoms with Crippen molar-refractivity contribution in [3.05, 3.63) is 41.0 Å². The van der Waals surface area contributed by atoms with Crippen LogP contribution in [-0.2, 0) is 23.1 Å². The molecule has 0 aliphatic carbocycles. The van der Waals surface area contributed by atoms with E-state index in [1.165, 1.54) is 11.3 Å². The van der Waals surface area contributed by atoms with Crippen molar-refractivity contribution in [1.82, 2.24) is 20.2 Å². The summed E-state index contributed by atoms with van der Waals surface area (Å²) < 4.78 is 26.9. The second-order valence-corrected chi connectivity index (χ2v) is 6.75. The molecule has 2 aromatic heterocycles. The average molecular weight is 298 g/mol. The van der Waals surface area contributed by atoms with Crippen molar-refractivity contribution in [3.8, 4) is 0 Å². The molecule has 0 bridgehead atoms. The number of rotatable bonds is 6. The molecule has 0 aliphatic rings. The molecular weight excluding hydrogens is 284 g/mol. The zero-order chi connectivity index (χ0) is 13.7. The van der Waals surface area contributed by atoms with Gasteiger partial charge in [0.1, 0.15) is 4.21 Å². The summed E-state index contributed by atoms with van der Waals surface area (Å²) in [4.78, 5) is 0. The third-order valence-corrected chi connectivity index (χ3v) is 5.24. The summed E-state index contributed by atoms with van der Waals surface area (Å²) in [7, 11) is -1.67. The number of aromatic nitrogens is 2. The quantitative estimate of drug-likeness (QED) is 0.821. The van der Waals surface area contributed by atoms with E-state index in [-0.39, 0.29) is 6.54 Å². The minimum atomic E-state index is -3.48. The Hall–Kier alpha value is -1.35. The lowest BCUT2D eigenvalue weighted by atomic mass is 10.3. The molecular formula is C11H14N4O2S2. The molecule has 2 heterocycles. The molecule has 0 amide bonds. The maximum atomic E-state index is 12.1. The predicted molar refractivity (Wildman–Crippen MR) is 73.1 cm³/mol. The second-order valence-electron chi connectivity index (χ2n) is 3.84. The normalized spacial score (nSPS) is 11.6. The van der Waals surface area contributed by atoms with Crippen LogP contribution >= 0.6 is 11.3 Å². The summed E-state index contributed by atoms with van der Waals surface area (Å²) in [5, 5.41) is 12.3. The average Bonchev–Trinajstić information content (AvgIpc) is 2.88. The first kappa shape index (κ1) is 14.1. The fourth-order valence-corrected chi connectivity index (χ4v) is 3.71. The summed E-state index contributed by atoms with van der Waals surface area (Å²) >= 11 is 1.21. The van der Waals surface area contributed by atoms with Gasteiger partial charge in [-0.25, -0.2) is 13.1 Å². The Morgan fingerprint density at radius 2 is 2.21 bits per heavy atom. The molecule has 0 saturated heterocycles. The van der Waals surface area contributed by atoms with E-state index >= 15 is 0 Å². The topological polar surface area (TPSA) is 84.0 Å². The van der Waals surface area contributed by atoms with Crippen LogP contribution < -0.4 is 10.0 Å². The van der Waals surface area contributed by atoms with Crippen LogP contribution in [0.5, 0.6) is 0 Å². The van der Waals surface area contributed by atoms with Crippen molar-refractivity contribution >= 4 is 21.4 Å². The fourth-order valence-electron chi connectivity index (χ4n) is 1.46. The molecule has 0 spiro atoms. The van der Waals surface area contributed by atoms with Crippen molar-refractivity contribution in [2.75, 3.05) is 7.05 Å². The zero-order valence-electron chi connectivity index (χ0n) is 10.3. The van der Waals surface area contributed by atoms with E-state index in [2.05, 4.69) is 20.2 Å². The maximum absolute atomic E-state index is 12.1. The standard InChI is InChI=1S/C11H14N4O2S2/c1-12-6-9-5-11(18-8-9)19(16,17)14-7-10-3-2-4-13-15-10/h2-5,8,12,14H,6-7H2,1H3. The van der Waals surface area contributed by atoms with E-state index in [1.54, 1.807) is 24.4 Å². The number of sulfonamides is 1. The summed E-state index contributed by atoms with van der Waals surface area (Å²) in [5.41, 5.74) is 1.53. The van der Waals surface area contributed by atoms with Gasteiger partial charge in [-0.15, -0.1) is 11.3 Å². The Bertz CT molecular complexity index is 625. The van der Waals surface area contributed by atoms with Crippen molar-refractivity contribution < 1.29 is 8.42 Å². The fraction of sp³-hybridized carbons (Fsp3) is 0.273. The maximum Gasteiger partial charge on any atom is 0.250 e. The van der Waals surface area contributed by atoms with Crippen molar-refractivity contribution in [1.29, 1.82) is 0 Å². The third-order valence-electron chi connectivity index (χ3n) is 2.35. The van der Waals surface area contributed by atoms with E-state index in [4.69, 9.17) is 0 Å². The molecule has 0 unspecified atom stereocenters. The highest BCUT2D eigenvalue weighted by molar-refractivity contribution is 7.91. The van der Waals surface area contributed by atoms with E-state index in [1.807, 2.05) is 12.4 Å². The van der Waals surface area contributed by atoms with E-state index in [9.17, 15) is 8.42 Å². The van der Waals surface area contributed by atoms with Gasteiger partial charge in [-0.05, 0) is 36.2 Å². The number of hydrogen-bond donors (Lipinski definition) is 2. The summed E-state index contributed by atoms with van der Waals surface area (Å²) in [6, 6.07) is 5.10. The molecule has 0 aromatic carbocycles. The van der Waals surface area contributed by atoms with Crippen LogP contribution in [0, 0.1) is 0 Å². The van der Waals surface area contributed by atoms with Crippen LogP contribution in [0.4, 0.5) is 0 Å². The molecule has 0 aliphatic heterocycles. The highest BCUT2D eigenvalue weighted by Gasteiger charge is 2.16. The lowest BCUT2D eigenvalue weighted by molar-refractivity contribution is 0.582. The summed E-state index contributed by atoms with van der Waals surface area (Å²) in [6.45, 7) is 0.783. The number of nitrogens with zero attached hydrogens (tertiary/aromatic N) is 2. The SMILES string of the molecule is CNCc1csc(S(=O)(=O)NCc2cccnn2)c1. The van der Waals surface area contributed by atoms with Gasteiger partial charge in [0, 0.05) is 12.7 Å². The molecule has 0 atom stereocenters. The van der Waals surface area contributed by atoms with Gasteiger partial charge in [0.15, 0.2) is 0 Å². The summed E-state index contributed by atoms with van der Waals surface area (Å²) in [6.07, 6.45) is 1.54. The van der Waals surface area contributed by atoms with Gasteiger partial charge in [-0.1, -0.05) is 0 Å². The van der Waals surface area contributed by atoms with Crippen LogP contribution in [0.1, 0.15) is 11.3 Å². The van der Waals surface area contributed by atoms with Crippen LogP contribution in [0.25, 0.3) is 0 Å². The molecule has 0 radical (unpaired) electrons. The third kappa shape index (κ3) is 3.80. The zero-order valence-corrected chi connectivity index (χ0v) is 12.0. The monoisotopic (exact) mass is 298 g/mol. The van der Waals surface area contributed by atoms with Crippen molar-refractivity contribution in [3.63, 3.8) is 0 Å². The molecule has 2 N–H and O–H groups in total. The Balaban J connectivity index is 2.05. The van der Waals surface area contributed by atoms with E-state index < -0.39 is 10.0 Å². The van der Waals surface area contributed by atoms with Crippen molar-refractivity contribution in [2.24, 2.45) is 0 Å². The van der Waals surface area contributed by atoms with Gasteiger partial charge in [0.2, 0.25) is 10.0 Å². The predicted octanol–water partition coefficient (Wildman–Crippen LogP) is 0.736. The lowest BCUT2D eigenvalue weighted by Gasteiger charge is -2.03. The van der Waals surface area contributed by atoms with Gasteiger partial charge >= 0.3 is 0 Å². The largest absolute Gasteiger partial charge is 0.316 e. The van der Waals surface area contributed by atoms with Gasteiger partial charge < -0.3 is 5.32 Å². The van der Waals surface area contributed by atoms with Crippen LogP contribution in [-0.4, -0.2) is 25.7 Å². The lowest BCUT2D eigenvalue weighted by Crippen LogP contribution is -2.23. The van der Waals surface area contributed by atoms with Crippen LogP contribution in [0.15, 0.2) is 34.0 Å². The molecule has 6 nitrogen and oxygen atoms in total. The first-order valence-electron chi connectivity index (χ1n) is 5.60. The van der Waals surface area contributed by atoms with Gasteiger partial charge in [-0.3, -0.25) is 0 Å². The van der Waals surface area contributed by atoms with Crippen LogP contribution in [0.2, 0.25) is 0 Å². The Morgan fingerprint density at radius 1 is 1.37 bits per heavy atom. The molecule has 0 saturated carbocycles. The Morgan fingerprint density at radius 3 is 2.89 bits per heavy atom. The number of nitrogens with one attached hydrogen (secondary N) is 2. The smallest absolute Gasteiger partial charge is 0.250 e. The minimum absolute atomic E-state index is 0.134. The number of thiophene rings is 1. The van der Waals surface area contributed by atoms with E-state index in [0.717, 1.165) is 5.56 Å². The van der Waals surface area contributed by atoms with Gasteiger partial charge in [-0.2, -0.15) is 10.2 Å². The van der Waals surface area contributed by atoms with Gasteiger partial charge in [0.05, 0.1) is 12.2 Å². The van der Waals surface area contributed by atoms with E-state index in [0.29, 0.717) is 16.4 Å². The summed E-state index contributed by atoms with van der Waals surface area (Å²) in [5.74, 6) is 0. The molecule has 2 aromatic rings. The minimum Gasteiger partial charge on any atom is -0.316 e. The first-order valence-corrected chi connectivity index (χ1v) is 7.96. The Kier molecular flexibility index (Phi) is 4.59. The first-order chi connectivity index (χ1) is 9.12. The molecule has 2 rings (SSSR count). The Labute approximate surface area is 115 Å². The van der Waals surface area contributed by atoms with Crippen molar-refractivity contribution in [2.45, 2.75) is 17.3 Å². The molecule has 19 heavy (non-hydrogen) atoms. The highest BCUT2D eigenvalue weighted by Crippen LogP contribution is 2.20. The number of hydrogen-bond acceptors (Lipinski definition) is 6. The van der Waals surface area contributed by atoms with Crippen LogP contribution in [0.3, 0.4) is 0 Å².